The first-order chi connectivity index (χ1) is 13.8. The monoisotopic (exact) mass is 398 g/mol. The van der Waals surface area contributed by atoms with Crippen molar-refractivity contribution in [1.82, 2.24) is 9.97 Å². The topological polar surface area (TPSA) is 55.0 Å². The van der Waals surface area contributed by atoms with Gasteiger partial charge in [0.25, 0.3) is 0 Å². The largest absolute Gasteiger partial charge is 0.461 e. The van der Waals surface area contributed by atoms with Crippen LogP contribution in [0.4, 0.5) is 13.2 Å². The number of H-pyrrole nitrogens is 1. The molecule has 0 saturated carbocycles. The first-order valence-electron chi connectivity index (χ1n) is 9.07. The van der Waals surface area contributed by atoms with E-state index in [9.17, 15) is 18.0 Å². The number of alkyl halides is 3. The zero-order valence-electron chi connectivity index (χ0n) is 15.7. The van der Waals surface area contributed by atoms with E-state index in [0.717, 1.165) is 5.56 Å². The minimum absolute atomic E-state index is 0.0191. The lowest BCUT2D eigenvalue weighted by Gasteiger charge is -2.12. The summed E-state index contributed by atoms with van der Waals surface area (Å²) in [6.07, 6.45) is -4.70. The molecule has 0 saturated heterocycles. The van der Waals surface area contributed by atoms with Crippen LogP contribution in [0.5, 0.6) is 0 Å². The van der Waals surface area contributed by atoms with Crippen LogP contribution in [0.2, 0.25) is 0 Å². The molecule has 7 heteroatoms. The van der Waals surface area contributed by atoms with E-state index in [1.165, 1.54) is 6.07 Å². The molecule has 4 nitrogen and oxygen atoms in total. The van der Waals surface area contributed by atoms with Crippen molar-refractivity contribution in [3.63, 3.8) is 0 Å². The maximum Gasteiger partial charge on any atom is 0.434 e. The lowest BCUT2D eigenvalue weighted by Crippen LogP contribution is -2.09. The second-order valence-corrected chi connectivity index (χ2v) is 6.69. The molecule has 0 aliphatic heterocycles. The third kappa shape index (κ3) is 3.22. The molecule has 0 fully saturated rings. The maximum absolute atomic E-state index is 14.0. The molecule has 2 heterocycles. The summed E-state index contributed by atoms with van der Waals surface area (Å²) in [4.78, 5) is 19.4. The molecule has 0 unspecified atom stereocenters. The number of aromatic nitrogens is 2. The summed E-state index contributed by atoms with van der Waals surface area (Å²) in [5.74, 6) is -0.712. The van der Waals surface area contributed by atoms with E-state index in [1.807, 2.05) is 6.92 Å². The minimum Gasteiger partial charge on any atom is -0.461 e. The first kappa shape index (κ1) is 19.0. The number of nitrogens with zero attached hydrogens (tertiary/aromatic N) is 1. The van der Waals surface area contributed by atoms with Crippen molar-refractivity contribution in [3.8, 4) is 11.1 Å². The highest BCUT2D eigenvalue weighted by Gasteiger charge is 2.38. The number of esters is 1. The molecule has 0 amide bonds. The van der Waals surface area contributed by atoms with Gasteiger partial charge in [0.05, 0.1) is 17.6 Å². The van der Waals surface area contributed by atoms with Crippen molar-refractivity contribution in [2.45, 2.75) is 20.0 Å². The molecule has 0 aliphatic rings. The van der Waals surface area contributed by atoms with E-state index in [4.69, 9.17) is 4.74 Å². The number of rotatable bonds is 3. The Hall–Kier alpha value is -3.35. The van der Waals surface area contributed by atoms with E-state index >= 15 is 0 Å². The van der Waals surface area contributed by atoms with Gasteiger partial charge in [-0.2, -0.15) is 13.2 Å². The quantitative estimate of drug-likeness (QED) is 0.438. The van der Waals surface area contributed by atoms with Crippen molar-refractivity contribution >= 4 is 27.8 Å². The van der Waals surface area contributed by atoms with Crippen LogP contribution >= 0.6 is 0 Å². The summed E-state index contributed by atoms with van der Waals surface area (Å²) >= 11 is 0. The van der Waals surface area contributed by atoms with E-state index in [0.29, 0.717) is 10.9 Å². The number of hydrogen-bond acceptors (Lipinski definition) is 3. The molecule has 2 aromatic carbocycles. The molecule has 0 radical (unpaired) electrons. The number of para-hydroxylation sites is 1. The van der Waals surface area contributed by atoms with Crippen molar-refractivity contribution < 1.29 is 22.7 Å². The SMILES string of the molecule is CCOC(=O)c1[nH]c2c(c(C(F)(F)F)nc3ccccc32)c1-c1ccc(C)cc1. The predicted octanol–water partition coefficient (Wildman–Crippen LogP) is 5.89. The number of ether oxygens (including phenoxy) is 1. The van der Waals surface area contributed by atoms with Crippen LogP contribution in [-0.2, 0) is 10.9 Å². The number of benzene rings is 2. The van der Waals surface area contributed by atoms with Gasteiger partial charge in [0.2, 0.25) is 0 Å². The van der Waals surface area contributed by atoms with Gasteiger partial charge < -0.3 is 9.72 Å². The van der Waals surface area contributed by atoms with Gasteiger partial charge in [0.15, 0.2) is 5.69 Å². The highest BCUT2D eigenvalue weighted by atomic mass is 19.4. The van der Waals surface area contributed by atoms with E-state index in [1.54, 1.807) is 49.4 Å². The van der Waals surface area contributed by atoms with E-state index in [-0.39, 0.29) is 34.3 Å². The number of nitrogens with one attached hydrogen (secondary N) is 1. The lowest BCUT2D eigenvalue weighted by molar-refractivity contribution is -0.139. The van der Waals surface area contributed by atoms with Gasteiger partial charge in [-0.05, 0) is 25.5 Å². The molecule has 0 spiro atoms. The molecule has 1 N–H and O–H groups in total. The summed E-state index contributed by atoms with van der Waals surface area (Å²) in [5, 5.41) is 0.363. The van der Waals surface area contributed by atoms with Crippen molar-refractivity contribution in [2.24, 2.45) is 0 Å². The van der Waals surface area contributed by atoms with Crippen LogP contribution in [0.15, 0.2) is 48.5 Å². The number of halogens is 3. The highest BCUT2D eigenvalue weighted by molar-refractivity contribution is 6.16. The zero-order valence-corrected chi connectivity index (χ0v) is 15.7. The van der Waals surface area contributed by atoms with Crippen LogP contribution in [0.3, 0.4) is 0 Å². The van der Waals surface area contributed by atoms with E-state index in [2.05, 4.69) is 9.97 Å². The molecule has 0 bridgehead atoms. The number of carbonyl (C=O) groups excluding carboxylic acids is 1. The standard InChI is InChI=1S/C22H17F3N2O2/c1-3-29-21(28)19-16(13-10-8-12(2)9-11-13)17-18(27-19)14-6-4-5-7-15(14)26-20(17)22(23,24)25/h4-11,27H,3H2,1-2H3. The summed E-state index contributed by atoms with van der Waals surface area (Å²) in [5.41, 5.74) is 0.923. The number of carbonyl (C=O) groups is 1. The van der Waals surface area contributed by atoms with Crippen LogP contribution in [0.25, 0.3) is 32.9 Å². The Labute approximate surface area is 164 Å². The normalized spacial score (nSPS) is 11.9. The highest BCUT2D eigenvalue weighted by Crippen LogP contribution is 2.43. The molecule has 4 aromatic rings. The van der Waals surface area contributed by atoms with Gasteiger partial charge in [-0.1, -0.05) is 48.0 Å². The average molecular weight is 398 g/mol. The predicted molar refractivity (Wildman–Crippen MR) is 105 cm³/mol. The van der Waals surface area contributed by atoms with Crippen LogP contribution in [0, 0.1) is 6.92 Å². The van der Waals surface area contributed by atoms with Gasteiger partial charge in [-0.25, -0.2) is 9.78 Å². The smallest absolute Gasteiger partial charge is 0.434 e. The van der Waals surface area contributed by atoms with Gasteiger partial charge in [0, 0.05) is 16.3 Å². The average Bonchev–Trinajstić information content (AvgIpc) is 3.08. The summed E-state index contributed by atoms with van der Waals surface area (Å²) in [7, 11) is 0. The van der Waals surface area contributed by atoms with Crippen molar-refractivity contribution in [3.05, 3.63) is 65.5 Å². The molecule has 4 rings (SSSR count). The Morgan fingerprint density at radius 1 is 1.10 bits per heavy atom. The summed E-state index contributed by atoms with van der Waals surface area (Å²) in [6.45, 7) is 3.62. The fourth-order valence-corrected chi connectivity index (χ4v) is 3.47. The van der Waals surface area contributed by atoms with Crippen LogP contribution in [-0.4, -0.2) is 22.5 Å². The van der Waals surface area contributed by atoms with Crippen molar-refractivity contribution in [1.29, 1.82) is 0 Å². The summed E-state index contributed by atoms with van der Waals surface area (Å²) in [6, 6.07) is 13.5. The number of aryl methyl sites for hydroxylation is 1. The molecule has 0 atom stereocenters. The fraction of sp³-hybridized carbons (Fsp3) is 0.182. The molecular weight excluding hydrogens is 381 g/mol. The Kier molecular flexibility index (Phi) is 4.53. The number of aromatic amines is 1. The second kappa shape index (κ2) is 6.92. The third-order valence-electron chi connectivity index (χ3n) is 4.73. The molecule has 2 aromatic heterocycles. The van der Waals surface area contributed by atoms with Crippen LogP contribution in [0.1, 0.15) is 28.7 Å². The van der Waals surface area contributed by atoms with Gasteiger partial charge >= 0.3 is 12.1 Å². The molecular formula is C22H17F3N2O2. The van der Waals surface area contributed by atoms with Crippen molar-refractivity contribution in [2.75, 3.05) is 6.61 Å². The molecule has 29 heavy (non-hydrogen) atoms. The molecule has 148 valence electrons. The maximum atomic E-state index is 14.0. The Morgan fingerprint density at radius 2 is 1.79 bits per heavy atom. The lowest BCUT2D eigenvalue weighted by atomic mass is 9.98. The van der Waals surface area contributed by atoms with Gasteiger partial charge in [-0.15, -0.1) is 0 Å². The zero-order chi connectivity index (χ0) is 20.8. The summed E-state index contributed by atoms with van der Waals surface area (Å²) < 4.78 is 47.0. The van der Waals surface area contributed by atoms with Gasteiger partial charge in [-0.3, -0.25) is 0 Å². The Bertz CT molecular complexity index is 1220. The van der Waals surface area contributed by atoms with Gasteiger partial charge in [0.1, 0.15) is 5.69 Å². The third-order valence-corrected chi connectivity index (χ3v) is 4.73. The van der Waals surface area contributed by atoms with E-state index < -0.39 is 17.8 Å². The fourth-order valence-electron chi connectivity index (χ4n) is 3.47. The first-order valence-corrected chi connectivity index (χ1v) is 9.07. The Balaban J connectivity index is 2.20. The number of pyridine rings is 1. The number of hydrogen-bond donors (Lipinski definition) is 1. The second-order valence-electron chi connectivity index (χ2n) is 6.69. The molecule has 0 aliphatic carbocycles. The number of fused-ring (bicyclic) bond motifs is 3. The van der Waals surface area contributed by atoms with Crippen LogP contribution < -0.4 is 0 Å². The Morgan fingerprint density at radius 3 is 2.45 bits per heavy atom. The minimum atomic E-state index is -4.70.